The monoisotopic (exact) mass is 436 g/mol. The minimum Gasteiger partial charge on any atom is -0.451 e. The Balaban J connectivity index is 1.83. The first-order valence-corrected chi connectivity index (χ1v) is 9.36. The Morgan fingerprint density at radius 1 is 1.03 bits per heavy atom. The van der Waals surface area contributed by atoms with Gasteiger partial charge in [-0.3, -0.25) is 14.9 Å². The fourth-order valence-corrected chi connectivity index (χ4v) is 3.64. The van der Waals surface area contributed by atoms with Gasteiger partial charge in [0.1, 0.15) is 17.2 Å². The number of ketones is 1. The first-order valence-electron chi connectivity index (χ1n) is 8.60. The number of benzene rings is 3. The van der Waals surface area contributed by atoms with E-state index < -0.39 is 10.7 Å². The van der Waals surface area contributed by atoms with Crippen molar-refractivity contribution in [2.75, 3.05) is 0 Å². The summed E-state index contributed by atoms with van der Waals surface area (Å²) in [5.74, 6) is -0.672. The molecule has 0 amide bonds. The van der Waals surface area contributed by atoms with E-state index in [-0.39, 0.29) is 27.6 Å². The number of fused-ring (bicyclic) bond motifs is 1. The highest BCUT2D eigenvalue weighted by Gasteiger charge is 2.24. The molecule has 0 unspecified atom stereocenters. The zero-order chi connectivity index (χ0) is 21.4. The second-order valence-electron chi connectivity index (χ2n) is 6.39. The first kappa shape index (κ1) is 19.6. The number of halogens is 2. The molecule has 0 spiro atoms. The number of nitriles is 1. The number of carbonyl (C=O) groups is 1. The van der Waals surface area contributed by atoms with Crippen molar-refractivity contribution < 1.29 is 14.1 Å². The van der Waals surface area contributed by atoms with E-state index in [1.807, 2.05) is 6.07 Å². The second kappa shape index (κ2) is 7.64. The summed E-state index contributed by atoms with van der Waals surface area (Å²) in [6.45, 7) is 0. The fourth-order valence-electron chi connectivity index (χ4n) is 3.14. The van der Waals surface area contributed by atoms with Gasteiger partial charge in [-0.05, 0) is 41.5 Å². The molecular weight excluding hydrogens is 427 g/mol. The van der Waals surface area contributed by atoms with E-state index in [4.69, 9.17) is 27.6 Å². The summed E-state index contributed by atoms with van der Waals surface area (Å²) in [6, 6.07) is 17.6. The molecular formula is C22H10Cl2N2O4. The molecule has 146 valence electrons. The van der Waals surface area contributed by atoms with E-state index in [0.717, 1.165) is 0 Å². The van der Waals surface area contributed by atoms with E-state index in [1.54, 1.807) is 30.3 Å². The van der Waals surface area contributed by atoms with Crippen molar-refractivity contribution in [2.45, 2.75) is 0 Å². The smallest absolute Gasteiger partial charge is 0.270 e. The maximum Gasteiger partial charge on any atom is 0.270 e. The van der Waals surface area contributed by atoms with E-state index in [2.05, 4.69) is 0 Å². The molecule has 0 N–H and O–H groups in total. The lowest BCUT2D eigenvalue weighted by molar-refractivity contribution is -0.384. The van der Waals surface area contributed by atoms with E-state index >= 15 is 0 Å². The highest BCUT2D eigenvalue weighted by molar-refractivity contribution is 6.37. The van der Waals surface area contributed by atoms with Gasteiger partial charge in [0.05, 0.1) is 9.95 Å². The van der Waals surface area contributed by atoms with Gasteiger partial charge >= 0.3 is 0 Å². The normalized spacial score (nSPS) is 10.7. The Bertz CT molecular complexity index is 1390. The van der Waals surface area contributed by atoms with Crippen LogP contribution in [0.1, 0.15) is 21.7 Å². The van der Waals surface area contributed by atoms with Crippen LogP contribution in [0.2, 0.25) is 10.0 Å². The van der Waals surface area contributed by atoms with Gasteiger partial charge in [0.2, 0.25) is 5.78 Å². The summed E-state index contributed by atoms with van der Waals surface area (Å²) >= 11 is 12.0. The second-order valence-corrected chi connectivity index (χ2v) is 7.23. The van der Waals surface area contributed by atoms with Crippen LogP contribution in [0.4, 0.5) is 5.69 Å². The number of carbonyl (C=O) groups excluding carboxylic acids is 1. The van der Waals surface area contributed by atoms with Crippen LogP contribution in [-0.4, -0.2) is 10.7 Å². The van der Waals surface area contributed by atoms with Gasteiger partial charge < -0.3 is 4.42 Å². The Morgan fingerprint density at radius 2 is 1.80 bits per heavy atom. The summed E-state index contributed by atoms with van der Waals surface area (Å²) in [7, 11) is 0. The molecule has 0 atom stereocenters. The number of hydrogen-bond donors (Lipinski definition) is 0. The highest BCUT2D eigenvalue weighted by atomic mass is 35.5. The number of non-ortho nitro benzene ring substituents is 1. The molecule has 0 aliphatic heterocycles. The van der Waals surface area contributed by atoms with Crippen LogP contribution in [-0.2, 0) is 0 Å². The van der Waals surface area contributed by atoms with E-state index in [9.17, 15) is 20.2 Å². The summed E-state index contributed by atoms with van der Waals surface area (Å²) < 4.78 is 5.73. The summed E-state index contributed by atoms with van der Waals surface area (Å²) in [5.41, 5.74) is 1.77. The van der Waals surface area contributed by atoms with Crippen LogP contribution < -0.4 is 0 Å². The van der Waals surface area contributed by atoms with Gasteiger partial charge in [0.15, 0.2) is 5.76 Å². The molecule has 0 aliphatic carbocycles. The average molecular weight is 437 g/mol. The van der Waals surface area contributed by atoms with Crippen LogP contribution in [0.5, 0.6) is 0 Å². The molecule has 0 fully saturated rings. The number of rotatable bonds is 4. The molecule has 1 heterocycles. The van der Waals surface area contributed by atoms with Gasteiger partial charge in [0.25, 0.3) is 5.69 Å². The first-order chi connectivity index (χ1) is 14.4. The molecule has 0 saturated carbocycles. The topological polar surface area (TPSA) is 97.1 Å². The molecule has 3 aromatic carbocycles. The molecule has 1 aromatic heterocycles. The predicted molar refractivity (Wildman–Crippen MR) is 113 cm³/mol. The largest absolute Gasteiger partial charge is 0.451 e. The third kappa shape index (κ3) is 3.41. The Hall–Kier alpha value is -3.66. The molecule has 30 heavy (non-hydrogen) atoms. The molecule has 4 rings (SSSR count). The predicted octanol–water partition coefficient (Wildman–Crippen LogP) is 6.42. The number of nitro benzene ring substituents is 1. The average Bonchev–Trinajstić information content (AvgIpc) is 3.11. The Labute approximate surface area is 180 Å². The third-order valence-electron chi connectivity index (χ3n) is 4.57. The summed E-state index contributed by atoms with van der Waals surface area (Å²) in [6.07, 6.45) is 0. The van der Waals surface area contributed by atoms with Crippen LogP contribution >= 0.6 is 23.2 Å². The van der Waals surface area contributed by atoms with Gasteiger partial charge in [-0.25, -0.2) is 0 Å². The molecule has 0 bridgehead atoms. The molecule has 4 aromatic rings. The van der Waals surface area contributed by atoms with Crippen molar-refractivity contribution in [3.05, 3.63) is 97.7 Å². The lowest BCUT2D eigenvalue weighted by Crippen LogP contribution is -2.02. The minimum atomic E-state index is -0.540. The van der Waals surface area contributed by atoms with Gasteiger partial charge in [0, 0.05) is 28.1 Å². The molecule has 6 nitrogen and oxygen atoms in total. The zero-order valence-corrected chi connectivity index (χ0v) is 16.6. The number of nitro groups is 1. The highest BCUT2D eigenvalue weighted by Crippen LogP contribution is 2.33. The van der Waals surface area contributed by atoms with Crippen molar-refractivity contribution in [2.24, 2.45) is 0 Å². The van der Waals surface area contributed by atoms with Crippen LogP contribution in [0.15, 0.2) is 65.1 Å². The van der Waals surface area contributed by atoms with Crippen molar-refractivity contribution in [3.63, 3.8) is 0 Å². The standard InChI is InChI=1S/C22H10Cl2N2O4/c23-14-5-7-17(19(24)10-14)21(27)22-18(11-25)16-6-4-13(9-20(16)30-22)12-2-1-3-15(8-12)26(28)29/h1-10H. The quantitative estimate of drug-likeness (QED) is 0.209. The van der Waals surface area contributed by atoms with Crippen LogP contribution in [0, 0.1) is 21.4 Å². The molecule has 0 aliphatic rings. The molecule has 0 saturated heterocycles. The zero-order valence-electron chi connectivity index (χ0n) is 15.1. The molecule has 8 heteroatoms. The third-order valence-corrected chi connectivity index (χ3v) is 5.12. The van der Waals surface area contributed by atoms with Gasteiger partial charge in [-0.15, -0.1) is 0 Å². The number of furan rings is 1. The van der Waals surface area contributed by atoms with Gasteiger partial charge in [-0.1, -0.05) is 41.4 Å². The summed E-state index contributed by atoms with van der Waals surface area (Å²) in [5, 5.41) is 21.6. The van der Waals surface area contributed by atoms with Crippen molar-refractivity contribution >= 4 is 45.6 Å². The van der Waals surface area contributed by atoms with E-state index in [1.165, 1.54) is 30.3 Å². The Kier molecular flexibility index (Phi) is 5.00. The number of hydrogen-bond acceptors (Lipinski definition) is 5. The summed E-state index contributed by atoms with van der Waals surface area (Å²) in [4.78, 5) is 23.5. The van der Waals surface area contributed by atoms with Crippen LogP contribution in [0.3, 0.4) is 0 Å². The maximum atomic E-state index is 13.0. The Morgan fingerprint density at radius 3 is 2.50 bits per heavy atom. The molecule has 0 radical (unpaired) electrons. The van der Waals surface area contributed by atoms with Crippen LogP contribution in [0.25, 0.3) is 22.1 Å². The fraction of sp³-hybridized carbons (Fsp3) is 0. The number of nitrogens with zero attached hydrogens (tertiary/aromatic N) is 2. The SMILES string of the molecule is N#Cc1c(C(=O)c2ccc(Cl)cc2Cl)oc2cc(-c3cccc([N+](=O)[O-])c3)ccc12. The minimum absolute atomic E-state index is 0.0435. The maximum absolute atomic E-state index is 13.0. The van der Waals surface area contributed by atoms with Crippen molar-refractivity contribution in [1.29, 1.82) is 5.26 Å². The lowest BCUT2D eigenvalue weighted by Gasteiger charge is -2.02. The van der Waals surface area contributed by atoms with E-state index in [0.29, 0.717) is 27.1 Å². The van der Waals surface area contributed by atoms with Gasteiger partial charge in [-0.2, -0.15) is 5.26 Å². The van der Waals surface area contributed by atoms with Crippen molar-refractivity contribution in [3.8, 4) is 17.2 Å². The lowest BCUT2D eigenvalue weighted by atomic mass is 10.0. The van der Waals surface area contributed by atoms with Crippen molar-refractivity contribution in [1.82, 2.24) is 0 Å².